The van der Waals surface area contributed by atoms with Crippen LogP contribution in [0.25, 0.3) is 0 Å². The molecule has 22 heavy (non-hydrogen) atoms. The molecule has 5 heteroatoms. The Morgan fingerprint density at radius 1 is 1.23 bits per heavy atom. The number of rotatable bonds is 5. The average molecular weight is 306 g/mol. The van der Waals surface area contributed by atoms with Crippen LogP contribution in [-0.4, -0.2) is 36.1 Å². The highest BCUT2D eigenvalue weighted by molar-refractivity contribution is 5.80. The average Bonchev–Trinajstić information content (AvgIpc) is 2.73. The molecule has 0 bridgehead atoms. The van der Waals surface area contributed by atoms with E-state index >= 15 is 0 Å². The number of methoxy groups -OCH3 is 1. The van der Waals surface area contributed by atoms with Crippen molar-refractivity contribution in [2.75, 3.05) is 7.11 Å². The van der Waals surface area contributed by atoms with Crippen molar-refractivity contribution in [1.29, 1.82) is 0 Å². The molecule has 0 radical (unpaired) electrons. The predicted molar refractivity (Wildman–Crippen MR) is 86.1 cm³/mol. The summed E-state index contributed by atoms with van der Waals surface area (Å²) in [6, 6.07) is 5.59. The van der Waals surface area contributed by atoms with Gasteiger partial charge in [-0.3, -0.25) is 4.79 Å². The Kier molecular flexibility index (Phi) is 4.96. The van der Waals surface area contributed by atoms with Crippen LogP contribution in [0.4, 0.5) is 0 Å². The second kappa shape index (κ2) is 6.57. The Bertz CT molecular complexity index is 543. The molecule has 1 aromatic carbocycles. The molecular weight excluding hydrogens is 280 g/mol. The van der Waals surface area contributed by atoms with E-state index < -0.39 is 0 Å². The molecule has 1 saturated heterocycles. The van der Waals surface area contributed by atoms with Gasteiger partial charge in [0, 0.05) is 18.5 Å². The molecule has 1 amide bonds. The minimum Gasteiger partial charge on any atom is -0.493 e. The van der Waals surface area contributed by atoms with Crippen molar-refractivity contribution >= 4 is 5.91 Å². The SMILES string of the molecule is COc1cc(C2C(N)CC(=O)N2C(C)C)ccc1OC(C)C. The number of carbonyl (C=O) groups is 1. The van der Waals surface area contributed by atoms with Gasteiger partial charge in [0.25, 0.3) is 0 Å². The fraction of sp³-hybridized carbons (Fsp3) is 0.588. The monoisotopic (exact) mass is 306 g/mol. The maximum absolute atomic E-state index is 12.2. The number of hydrogen-bond donors (Lipinski definition) is 1. The van der Waals surface area contributed by atoms with Crippen molar-refractivity contribution < 1.29 is 14.3 Å². The van der Waals surface area contributed by atoms with Crippen LogP contribution in [-0.2, 0) is 4.79 Å². The third-order valence-corrected chi connectivity index (χ3v) is 3.85. The Labute approximate surface area is 132 Å². The normalized spacial score (nSPS) is 21.8. The van der Waals surface area contributed by atoms with E-state index in [1.807, 2.05) is 50.8 Å². The summed E-state index contributed by atoms with van der Waals surface area (Å²) in [5.41, 5.74) is 7.19. The van der Waals surface area contributed by atoms with Gasteiger partial charge in [0.1, 0.15) is 0 Å². The highest BCUT2D eigenvalue weighted by atomic mass is 16.5. The van der Waals surface area contributed by atoms with Crippen LogP contribution in [0.2, 0.25) is 0 Å². The smallest absolute Gasteiger partial charge is 0.225 e. The molecule has 1 aliphatic rings. The summed E-state index contributed by atoms with van der Waals surface area (Å²) in [5.74, 6) is 1.48. The molecule has 1 aliphatic heterocycles. The summed E-state index contributed by atoms with van der Waals surface area (Å²) in [7, 11) is 1.62. The molecule has 2 unspecified atom stereocenters. The van der Waals surface area contributed by atoms with Crippen LogP contribution in [0, 0.1) is 0 Å². The van der Waals surface area contributed by atoms with Crippen LogP contribution >= 0.6 is 0 Å². The Balaban J connectivity index is 2.37. The molecule has 1 heterocycles. The predicted octanol–water partition coefficient (Wildman–Crippen LogP) is 2.49. The molecule has 2 atom stereocenters. The van der Waals surface area contributed by atoms with Gasteiger partial charge in [-0.05, 0) is 45.4 Å². The summed E-state index contributed by atoms with van der Waals surface area (Å²) in [6.45, 7) is 7.96. The molecule has 5 nitrogen and oxygen atoms in total. The number of hydrogen-bond acceptors (Lipinski definition) is 4. The lowest BCUT2D eigenvalue weighted by molar-refractivity contribution is -0.130. The van der Waals surface area contributed by atoms with Crippen molar-refractivity contribution in [1.82, 2.24) is 4.90 Å². The van der Waals surface area contributed by atoms with Crippen molar-refractivity contribution in [3.8, 4) is 11.5 Å². The van der Waals surface area contributed by atoms with Gasteiger partial charge in [-0.2, -0.15) is 0 Å². The maximum atomic E-state index is 12.2. The largest absolute Gasteiger partial charge is 0.493 e. The van der Waals surface area contributed by atoms with Gasteiger partial charge >= 0.3 is 0 Å². The Morgan fingerprint density at radius 3 is 2.45 bits per heavy atom. The zero-order valence-corrected chi connectivity index (χ0v) is 14.0. The van der Waals surface area contributed by atoms with Crippen LogP contribution in [0.5, 0.6) is 11.5 Å². The maximum Gasteiger partial charge on any atom is 0.225 e. The van der Waals surface area contributed by atoms with Crippen LogP contribution in [0.3, 0.4) is 0 Å². The fourth-order valence-corrected chi connectivity index (χ4v) is 3.02. The molecule has 2 rings (SSSR count). The van der Waals surface area contributed by atoms with Crippen LogP contribution in [0.15, 0.2) is 18.2 Å². The number of likely N-dealkylation sites (tertiary alicyclic amines) is 1. The van der Waals surface area contributed by atoms with E-state index in [0.29, 0.717) is 17.9 Å². The first-order valence-electron chi connectivity index (χ1n) is 7.76. The van der Waals surface area contributed by atoms with Gasteiger partial charge in [0.15, 0.2) is 11.5 Å². The van der Waals surface area contributed by atoms with Gasteiger partial charge in [-0.15, -0.1) is 0 Å². The van der Waals surface area contributed by atoms with Gasteiger partial charge < -0.3 is 20.1 Å². The molecule has 2 N–H and O–H groups in total. The zero-order valence-electron chi connectivity index (χ0n) is 14.0. The zero-order chi connectivity index (χ0) is 16.4. The van der Waals surface area contributed by atoms with Crippen molar-refractivity contribution in [3.05, 3.63) is 23.8 Å². The topological polar surface area (TPSA) is 64.8 Å². The molecule has 0 spiro atoms. The van der Waals surface area contributed by atoms with E-state index in [4.69, 9.17) is 15.2 Å². The molecule has 0 aromatic heterocycles. The first-order chi connectivity index (χ1) is 10.3. The molecular formula is C17H26N2O3. The Morgan fingerprint density at radius 2 is 1.91 bits per heavy atom. The van der Waals surface area contributed by atoms with E-state index in [9.17, 15) is 4.79 Å². The number of ether oxygens (including phenoxy) is 2. The minimum absolute atomic E-state index is 0.0715. The number of nitrogens with two attached hydrogens (primary N) is 1. The lowest BCUT2D eigenvalue weighted by Crippen LogP contribution is -2.37. The first-order valence-corrected chi connectivity index (χ1v) is 7.76. The third-order valence-electron chi connectivity index (χ3n) is 3.85. The van der Waals surface area contributed by atoms with Crippen molar-refractivity contribution in [2.24, 2.45) is 5.73 Å². The van der Waals surface area contributed by atoms with Crippen LogP contribution in [0.1, 0.15) is 45.7 Å². The molecule has 122 valence electrons. The van der Waals surface area contributed by atoms with Crippen molar-refractivity contribution in [2.45, 2.75) is 58.3 Å². The third kappa shape index (κ3) is 3.19. The summed E-state index contributed by atoms with van der Waals surface area (Å²) >= 11 is 0. The summed E-state index contributed by atoms with van der Waals surface area (Å²) in [5, 5.41) is 0. The van der Waals surface area contributed by atoms with E-state index in [2.05, 4.69) is 0 Å². The number of nitrogens with zero attached hydrogens (tertiary/aromatic N) is 1. The number of amides is 1. The van der Waals surface area contributed by atoms with E-state index in [0.717, 1.165) is 5.56 Å². The summed E-state index contributed by atoms with van der Waals surface area (Å²) in [4.78, 5) is 14.0. The quantitative estimate of drug-likeness (QED) is 0.907. The fourth-order valence-electron chi connectivity index (χ4n) is 3.02. The lowest BCUT2D eigenvalue weighted by atomic mass is 9.99. The van der Waals surface area contributed by atoms with Gasteiger partial charge in [0.2, 0.25) is 5.91 Å². The van der Waals surface area contributed by atoms with Crippen LogP contribution < -0.4 is 15.2 Å². The highest BCUT2D eigenvalue weighted by Gasteiger charge is 2.40. The van der Waals surface area contributed by atoms with E-state index in [1.165, 1.54) is 0 Å². The van der Waals surface area contributed by atoms with Gasteiger partial charge in [0.05, 0.1) is 19.3 Å². The second-order valence-electron chi connectivity index (χ2n) is 6.28. The highest BCUT2D eigenvalue weighted by Crippen LogP contribution is 2.38. The van der Waals surface area contributed by atoms with E-state index in [-0.39, 0.29) is 30.1 Å². The first kappa shape index (κ1) is 16.6. The van der Waals surface area contributed by atoms with Gasteiger partial charge in [-0.25, -0.2) is 0 Å². The van der Waals surface area contributed by atoms with Crippen molar-refractivity contribution in [3.63, 3.8) is 0 Å². The van der Waals surface area contributed by atoms with Gasteiger partial charge in [-0.1, -0.05) is 6.07 Å². The molecule has 1 fully saturated rings. The van der Waals surface area contributed by atoms with E-state index in [1.54, 1.807) is 7.11 Å². The summed E-state index contributed by atoms with van der Waals surface area (Å²) in [6.07, 6.45) is 0.456. The minimum atomic E-state index is -0.198. The number of carbonyl (C=O) groups excluding carboxylic acids is 1. The number of benzene rings is 1. The lowest BCUT2D eigenvalue weighted by Gasteiger charge is -2.31. The molecule has 0 aliphatic carbocycles. The molecule has 1 aromatic rings. The standard InChI is InChI=1S/C17H26N2O3/c1-10(2)19-16(20)9-13(18)17(19)12-6-7-14(22-11(3)4)15(8-12)21-5/h6-8,10-11,13,17H,9,18H2,1-5H3. The summed E-state index contributed by atoms with van der Waals surface area (Å²) < 4.78 is 11.2. The second-order valence-corrected chi connectivity index (χ2v) is 6.28. The Hall–Kier alpha value is -1.75. The molecule has 0 saturated carbocycles.